The number of aliphatic hydroxyl groups is 1. The van der Waals surface area contributed by atoms with Crippen LogP contribution in [0.2, 0.25) is 0 Å². The molecule has 178 valence electrons. The Bertz CT molecular complexity index is 1250. The summed E-state index contributed by atoms with van der Waals surface area (Å²) < 4.78 is 5.44. The number of hydrogen-bond acceptors (Lipinski definition) is 6. The number of aromatic nitrogens is 2. The lowest BCUT2D eigenvalue weighted by Gasteiger charge is -2.20. The Balaban J connectivity index is 1.72. The van der Waals surface area contributed by atoms with Crippen LogP contribution in [0.15, 0.2) is 42.9 Å². The van der Waals surface area contributed by atoms with Crippen LogP contribution in [-0.2, 0) is 9.53 Å². The monoisotopic (exact) mass is 462 g/mol. The van der Waals surface area contributed by atoms with Crippen molar-refractivity contribution < 1.29 is 19.4 Å². The van der Waals surface area contributed by atoms with Gasteiger partial charge in [-0.3, -0.25) is 15.1 Å². The first-order chi connectivity index (χ1) is 16.1. The zero-order chi connectivity index (χ0) is 24.6. The van der Waals surface area contributed by atoms with Crippen molar-refractivity contribution in [2.45, 2.75) is 40.2 Å². The van der Waals surface area contributed by atoms with Crippen LogP contribution < -0.4 is 10.6 Å². The van der Waals surface area contributed by atoms with Gasteiger partial charge in [0.05, 0.1) is 5.69 Å². The minimum atomic E-state index is -0.639. The van der Waals surface area contributed by atoms with Gasteiger partial charge in [-0.1, -0.05) is 6.92 Å². The molecule has 1 aliphatic rings. The highest BCUT2D eigenvalue weighted by molar-refractivity contribution is 6.04. The number of pyridine rings is 2. The van der Waals surface area contributed by atoms with Gasteiger partial charge in [-0.25, -0.2) is 9.78 Å². The molecule has 0 bridgehead atoms. The molecular formula is C26H30N4O4. The van der Waals surface area contributed by atoms with Crippen LogP contribution in [0.3, 0.4) is 0 Å². The molecule has 2 amide bonds. The normalized spacial score (nSPS) is 19.5. The number of carbonyl (C=O) groups is 2. The van der Waals surface area contributed by atoms with Crippen molar-refractivity contribution in [3.63, 3.8) is 0 Å². The summed E-state index contributed by atoms with van der Waals surface area (Å²) >= 11 is 0. The molecule has 0 aliphatic heterocycles. The van der Waals surface area contributed by atoms with E-state index in [0.717, 1.165) is 22.1 Å². The smallest absolute Gasteiger partial charge is 0.412 e. The van der Waals surface area contributed by atoms with Gasteiger partial charge in [-0.15, -0.1) is 0 Å². The number of carbonyl (C=O) groups excluding carboxylic acids is 2. The molecule has 0 radical (unpaired) electrons. The van der Waals surface area contributed by atoms with E-state index in [4.69, 9.17) is 4.74 Å². The number of anilines is 2. The number of aryl methyl sites for hydroxylation is 1. The second kappa shape index (κ2) is 9.02. The summed E-state index contributed by atoms with van der Waals surface area (Å²) in [6.07, 6.45) is 4.57. The fraction of sp³-hybridized carbons (Fsp3) is 0.385. The minimum Gasteiger partial charge on any atom is -0.444 e. The molecule has 4 rings (SSSR count). The van der Waals surface area contributed by atoms with E-state index in [1.165, 1.54) is 0 Å². The second-order valence-corrected chi connectivity index (χ2v) is 9.85. The Morgan fingerprint density at radius 2 is 1.91 bits per heavy atom. The highest BCUT2D eigenvalue weighted by Gasteiger charge is 2.51. The standard InChI is InChI=1S/C26H30N4O4/c1-14-6-7-27-11-18(14)16-8-17-10-22(30-24(32)23-15(2)20(23)13-31)28-12-19(17)21(9-16)29-25(33)34-26(3,4)5/h6-12,15,20,23,31H,13H2,1-5H3,(H,29,33)(H,28,30,32). The largest absolute Gasteiger partial charge is 0.444 e. The average molecular weight is 463 g/mol. The number of amides is 2. The predicted octanol–water partition coefficient (Wildman–Crippen LogP) is 4.77. The minimum absolute atomic E-state index is 0.00206. The Morgan fingerprint density at radius 3 is 2.56 bits per heavy atom. The van der Waals surface area contributed by atoms with Crippen molar-refractivity contribution in [2.24, 2.45) is 17.8 Å². The zero-order valence-corrected chi connectivity index (χ0v) is 20.0. The first kappa shape index (κ1) is 23.6. The van der Waals surface area contributed by atoms with E-state index in [2.05, 4.69) is 20.6 Å². The number of nitrogens with zero attached hydrogens (tertiary/aromatic N) is 2. The van der Waals surface area contributed by atoms with E-state index >= 15 is 0 Å². The quantitative estimate of drug-likeness (QED) is 0.504. The topological polar surface area (TPSA) is 113 Å². The second-order valence-electron chi connectivity index (χ2n) is 9.85. The molecule has 0 saturated heterocycles. The van der Waals surface area contributed by atoms with Crippen molar-refractivity contribution in [3.8, 4) is 11.1 Å². The van der Waals surface area contributed by atoms with Gasteiger partial charge in [0.25, 0.3) is 0 Å². The first-order valence-corrected chi connectivity index (χ1v) is 11.3. The van der Waals surface area contributed by atoms with Crippen molar-refractivity contribution >= 4 is 34.3 Å². The molecule has 0 spiro atoms. The molecule has 34 heavy (non-hydrogen) atoms. The first-order valence-electron chi connectivity index (χ1n) is 11.3. The summed E-state index contributed by atoms with van der Waals surface area (Å²) in [5.74, 6) is 0.193. The summed E-state index contributed by atoms with van der Waals surface area (Å²) in [6.45, 7) is 9.36. The number of nitrogens with one attached hydrogen (secondary N) is 2. The lowest BCUT2D eigenvalue weighted by atomic mass is 9.99. The van der Waals surface area contributed by atoms with E-state index in [1.54, 1.807) is 45.4 Å². The highest BCUT2D eigenvalue weighted by Crippen LogP contribution is 2.46. The fourth-order valence-electron chi connectivity index (χ4n) is 4.23. The van der Waals surface area contributed by atoms with Crippen molar-refractivity contribution in [1.29, 1.82) is 0 Å². The van der Waals surface area contributed by atoms with E-state index < -0.39 is 11.7 Å². The van der Waals surface area contributed by atoms with Gasteiger partial charge in [0.2, 0.25) is 5.91 Å². The molecule has 8 heteroatoms. The van der Waals surface area contributed by atoms with Crippen LogP contribution in [-0.4, -0.2) is 39.3 Å². The van der Waals surface area contributed by atoms with Crippen LogP contribution in [0.25, 0.3) is 21.9 Å². The molecule has 1 fully saturated rings. The maximum absolute atomic E-state index is 12.6. The van der Waals surface area contributed by atoms with Gasteiger partial charge in [0.1, 0.15) is 11.4 Å². The number of rotatable bonds is 5. The number of ether oxygens (including phenoxy) is 1. The molecule has 3 unspecified atom stereocenters. The van der Waals surface area contributed by atoms with Crippen LogP contribution in [0, 0.1) is 24.7 Å². The fourth-order valence-corrected chi connectivity index (χ4v) is 4.23. The number of fused-ring (bicyclic) bond motifs is 1. The maximum Gasteiger partial charge on any atom is 0.412 e. The lowest BCUT2D eigenvalue weighted by molar-refractivity contribution is -0.118. The third-order valence-electron chi connectivity index (χ3n) is 6.15. The lowest BCUT2D eigenvalue weighted by Crippen LogP contribution is -2.27. The van der Waals surface area contributed by atoms with E-state index in [9.17, 15) is 14.7 Å². The van der Waals surface area contributed by atoms with Crippen LogP contribution in [0.4, 0.5) is 16.3 Å². The summed E-state index contributed by atoms with van der Waals surface area (Å²) in [5.41, 5.74) is 2.74. The van der Waals surface area contributed by atoms with Crippen molar-refractivity contribution in [3.05, 3.63) is 48.4 Å². The van der Waals surface area contributed by atoms with Gasteiger partial charge in [-0.2, -0.15) is 0 Å². The SMILES string of the molecule is Cc1ccncc1-c1cc(NC(=O)OC(C)(C)C)c2cnc(NC(=O)C3C(C)C3CO)cc2c1. The third-order valence-corrected chi connectivity index (χ3v) is 6.15. The van der Waals surface area contributed by atoms with Gasteiger partial charge in [0.15, 0.2) is 0 Å². The Morgan fingerprint density at radius 1 is 1.15 bits per heavy atom. The van der Waals surface area contributed by atoms with E-state index in [0.29, 0.717) is 16.9 Å². The molecule has 1 aliphatic carbocycles. The zero-order valence-electron chi connectivity index (χ0n) is 20.0. The van der Waals surface area contributed by atoms with Gasteiger partial charge >= 0.3 is 6.09 Å². The number of benzene rings is 1. The van der Waals surface area contributed by atoms with E-state index in [-0.39, 0.29) is 30.3 Å². The molecular weight excluding hydrogens is 432 g/mol. The van der Waals surface area contributed by atoms with E-state index in [1.807, 2.05) is 32.0 Å². The summed E-state index contributed by atoms with van der Waals surface area (Å²) in [6, 6.07) is 7.55. The van der Waals surface area contributed by atoms with Crippen molar-refractivity contribution in [2.75, 3.05) is 17.2 Å². The predicted molar refractivity (Wildman–Crippen MR) is 131 cm³/mol. The average Bonchev–Trinajstić information content (AvgIpc) is 3.42. The molecule has 2 heterocycles. The maximum atomic E-state index is 12.6. The molecule has 2 aromatic heterocycles. The van der Waals surface area contributed by atoms with Crippen LogP contribution in [0.5, 0.6) is 0 Å². The summed E-state index contributed by atoms with van der Waals surface area (Å²) in [7, 11) is 0. The van der Waals surface area contributed by atoms with Crippen LogP contribution in [0.1, 0.15) is 33.3 Å². The number of aliphatic hydroxyl groups excluding tert-OH is 1. The molecule has 3 aromatic rings. The summed E-state index contributed by atoms with van der Waals surface area (Å²) in [5, 5.41) is 16.6. The Hall–Kier alpha value is -3.52. The molecule has 8 nitrogen and oxygen atoms in total. The third kappa shape index (κ3) is 5.02. The molecule has 1 saturated carbocycles. The van der Waals surface area contributed by atoms with Gasteiger partial charge in [-0.05, 0) is 80.3 Å². The van der Waals surface area contributed by atoms with Crippen LogP contribution >= 0.6 is 0 Å². The van der Waals surface area contributed by atoms with Crippen molar-refractivity contribution in [1.82, 2.24) is 9.97 Å². The Kier molecular flexibility index (Phi) is 6.27. The number of hydrogen-bond donors (Lipinski definition) is 3. The molecule has 3 atom stereocenters. The van der Waals surface area contributed by atoms with Gasteiger partial charge < -0.3 is 15.2 Å². The Labute approximate surface area is 198 Å². The highest BCUT2D eigenvalue weighted by atomic mass is 16.6. The summed E-state index contributed by atoms with van der Waals surface area (Å²) in [4.78, 5) is 33.8. The van der Waals surface area contributed by atoms with Gasteiger partial charge in [0, 0.05) is 42.1 Å². The molecule has 1 aromatic carbocycles. The molecule has 3 N–H and O–H groups in total.